The second kappa shape index (κ2) is 7.51. The third-order valence-electron chi connectivity index (χ3n) is 4.89. The Bertz CT molecular complexity index is 769. The molecule has 1 aliphatic heterocycles. The fourth-order valence-corrected chi connectivity index (χ4v) is 3.59. The number of carbonyl (C=O) groups is 1. The molecule has 26 heavy (non-hydrogen) atoms. The van der Waals surface area contributed by atoms with Crippen LogP contribution in [0.1, 0.15) is 42.6 Å². The molecule has 1 unspecified atom stereocenters. The van der Waals surface area contributed by atoms with Gasteiger partial charge in [0.1, 0.15) is 5.82 Å². The predicted molar refractivity (Wildman–Crippen MR) is 91.6 cm³/mol. The molecule has 1 saturated heterocycles. The summed E-state index contributed by atoms with van der Waals surface area (Å²) in [7, 11) is 0. The van der Waals surface area contributed by atoms with Crippen molar-refractivity contribution in [2.75, 3.05) is 13.1 Å². The number of imidazole rings is 1. The summed E-state index contributed by atoms with van der Waals surface area (Å²) >= 11 is 0. The Kier molecular flexibility index (Phi) is 5.34. The van der Waals surface area contributed by atoms with Crippen molar-refractivity contribution >= 4 is 5.91 Å². The van der Waals surface area contributed by atoms with Crippen LogP contribution in [0.25, 0.3) is 0 Å². The molecule has 1 aromatic heterocycles. The van der Waals surface area contributed by atoms with E-state index in [9.17, 15) is 18.0 Å². The van der Waals surface area contributed by atoms with Crippen LogP contribution in [0.5, 0.6) is 0 Å². The van der Waals surface area contributed by atoms with Crippen molar-refractivity contribution in [3.05, 3.63) is 53.6 Å². The minimum Gasteiger partial charge on any atom is -0.342 e. The van der Waals surface area contributed by atoms with Gasteiger partial charge in [-0.2, -0.15) is 13.2 Å². The molecule has 1 atom stereocenters. The average molecular weight is 365 g/mol. The summed E-state index contributed by atoms with van der Waals surface area (Å²) in [6, 6.07) is 5.29. The highest BCUT2D eigenvalue weighted by atomic mass is 19.4. The highest BCUT2D eigenvalue weighted by Gasteiger charge is 2.34. The molecule has 0 bridgehead atoms. The standard InChI is InChI=1S/C19H22F3N3O/c1-2-24-11-9-23-18(24)15-7-5-10-25(13-15)17(26)12-14-6-3-4-8-16(14)19(20,21)22/h3-4,6,8-9,11,15H,2,5,7,10,12-13H2,1H3. The Morgan fingerprint density at radius 3 is 2.81 bits per heavy atom. The molecule has 0 spiro atoms. The number of halogens is 3. The maximum atomic E-state index is 13.1. The zero-order valence-electron chi connectivity index (χ0n) is 14.7. The topological polar surface area (TPSA) is 38.1 Å². The number of aryl methyl sites for hydroxylation is 1. The van der Waals surface area contributed by atoms with Gasteiger partial charge in [-0.25, -0.2) is 4.98 Å². The van der Waals surface area contributed by atoms with E-state index in [4.69, 9.17) is 0 Å². The molecule has 1 amide bonds. The first kappa shape index (κ1) is 18.5. The van der Waals surface area contributed by atoms with Crippen LogP contribution in [-0.2, 0) is 23.9 Å². The summed E-state index contributed by atoms with van der Waals surface area (Å²) in [5.74, 6) is 0.808. The molecule has 0 aliphatic carbocycles. The van der Waals surface area contributed by atoms with Crippen LogP contribution in [0.3, 0.4) is 0 Å². The van der Waals surface area contributed by atoms with Crippen LogP contribution in [0, 0.1) is 0 Å². The number of hydrogen-bond donors (Lipinski definition) is 0. The summed E-state index contributed by atoms with van der Waals surface area (Å²) in [4.78, 5) is 18.7. The zero-order chi connectivity index (χ0) is 18.7. The van der Waals surface area contributed by atoms with Gasteiger partial charge in [-0.15, -0.1) is 0 Å². The molecular formula is C19H22F3N3O. The third-order valence-corrected chi connectivity index (χ3v) is 4.89. The molecule has 1 aliphatic rings. The number of alkyl halides is 3. The molecule has 0 saturated carbocycles. The van der Waals surface area contributed by atoms with Gasteiger partial charge in [0.15, 0.2) is 0 Å². The Morgan fingerprint density at radius 1 is 1.31 bits per heavy atom. The molecule has 1 aromatic carbocycles. The third kappa shape index (κ3) is 3.92. The summed E-state index contributed by atoms with van der Waals surface area (Å²) in [6.07, 6.45) is 0.737. The Hall–Kier alpha value is -2.31. The molecule has 0 N–H and O–H groups in total. The van der Waals surface area contributed by atoms with Gasteiger partial charge in [0.2, 0.25) is 5.91 Å². The lowest BCUT2D eigenvalue weighted by atomic mass is 9.96. The Labute approximate surface area is 150 Å². The molecule has 2 aromatic rings. The number of nitrogens with zero attached hydrogens (tertiary/aromatic N) is 3. The maximum Gasteiger partial charge on any atom is 0.416 e. The second-order valence-electron chi connectivity index (χ2n) is 6.58. The van der Waals surface area contributed by atoms with Gasteiger partial charge in [-0.3, -0.25) is 4.79 Å². The monoisotopic (exact) mass is 365 g/mol. The van der Waals surface area contributed by atoms with Crippen LogP contribution in [0.4, 0.5) is 13.2 Å². The molecule has 1 fully saturated rings. The van der Waals surface area contributed by atoms with Crippen molar-refractivity contribution in [2.45, 2.75) is 44.8 Å². The SMILES string of the molecule is CCn1ccnc1C1CCCN(C(=O)Cc2ccccc2C(F)(F)F)C1. The predicted octanol–water partition coefficient (Wildman–Crippen LogP) is 3.87. The van der Waals surface area contributed by atoms with Gasteiger partial charge in [0.05, 0.1) is 12.0 Å². The number of piperidine rings is 1. The van der Waals surface area contributed by atoms with Crippen molar-refractivity contribution in [3.8, 4) is 0 Å². The van der Waals surface area contributed by atoms with E-state index in [-0.39, 0.29) is 23.8 Å². The number of amides is 1. The summed E-state index contributed by atoms with van der Waals surface area (Å²) in [5, 5.41) is 0. The van der Waals surface area contributed by atoms with E-state index >= 15 is 0 Å². The number of rotatable bonds is 4. The minimum absolute atomic E-state index is 0.0298. The molecule has 3 rings (SSSR count). The minimum atomic E-state index is -4.45. The van der Waals surface area contributed by atoms with Crippen molar-refractivity contribution in [1.82, 2.24) is 14.5 Å². The smallest absolute Gasteiger partial charge is 0.342 e. The molecular weight excluding hydrogens is 343 g/mol. The van der Waals surface area contributed by atoms with E-state index < -0.39 is 11.7 Å². The van der Waals surface area contributed by atoms with Crippen LogP contribution in [0.2, 0.25) is 0 Å². The van der Waals surface area contributed by atoms with Gasteiger partial charge < -0.3 is 9.47 Å². The van der Waals surface area contributed by atoms with Gasteiger partial charge in [0.25, 0.3) is 0 Å². The highest BCUT2D eigenvalue weighted by Crippen LogP contribution is 2.32. The first-order valence-corrected chi connectivity index (χ1v) is 8.84. The van der Waals surface area contributed by atoms with Crippen LogP contribution < -0.4 is 0 Å². The van der Waals surface area contributed by atoms with Gasteiger partial charge in [-0.1, -0.05) is 18.2 Å². The van der Waals surface area contributed by atoms with E-state index in [0.29, 0.717) is 13.1 Å². The number of aromatic nitrogens is 2. The van der Waals surface area contributed by atoms with Gasteiger partial charge in [-0.05, 0) is 31.4 Å². The normalized spacial score (nSPS) is 18.2. The Balaban J connectivity index is 1.73. The molecule has 140 valence electrons. The number of hydrogen-bond acceptors (Lipinski definition) is 2. The number of carbonyl (C=O) groups excluding carboxylic acids is 1. The maximum absolute atomic E-state index is 13.1. The van der Waals surface area contributed by atoms with E-state index in [1.165, 1.54) is 18.2 Å². The fourth-order valence-electron chi connectivity index (χ4n) is 3.59. The number of benzene rings is 1. The van der Waals surface area contributed by atoms with Crippen molar-refractivity contribution < 1.29 is 18.0 Å². The molecule has 2 heterocycles. The zero-order valence-corrected chi connectivity index (χ0v) is 14.7. The quantitative estimate of drug-likeness (QED) is 0.825. The van der Waals surface area contributed by atoms with Gasteiger partial charge in [0, 0.05) is 37.9 Å². The molecule has 4 nitrogen and oxygen atoms in total. The lowest BCUT2D eigenvalue weighted by Gasteiger charge is -2.33. The fraction of sp³-hybridized carbons (Fsp3) is 0.474. The van der Waals surface area contributed by atoms with Crippen molar-refractivity contribution in [2.24, 2.45) is 0 Å². The van der Waals surface area contributed by atoms with Crippen LogP contribution in [-0.4, -0.2) is 33.4 Å². The molecule has 0 radical (unpaired) electrons. The summed E-state index contributed by atoms with van der Waals surface area (Å²) < 4.78 is 41.5. The first-order chi connectivity index (χ1) is 12.4. The highest BCUT2D eigenvalue weighted by molar-refractivity contribution is 5.79. The lowest BCUT2D eigenvalue weighted by molar-refractivity contribution is -0.138. The van der Waals surface area contributed by atoms with E-state index in [0.717, 1.165) is 31.3 Å². The van der Waals surface area contributed by atoms with Crippen molar-refractivity contribution in [1.29, 1.82) is 0 Å². The lowest BCUT2D eigenvalue weighted by Crippen LogP contribution is -2.40. The second-order valence-corrected chi connectivity index (χ2v) is 6.58. The van der Waals surface area contributed by atoms with E-state index in [1.54, 1.807) is 11.1 Å². The Morgan fingerprint density at radius 2 is 2.08 bits per heavy atom. The first-order valence-electron chi connectivity index (χ1n) is 8.84. The van der Waals surface area contributed by atoms with Crippen LogP contribution in [0.15, 0.2) is 36.7 Å². The van der Waals surface area contributed by atoms with E-state index in [1.807, 2.05) is 13.1 Å². The van der Waals surface area contributed by atoms with Crippen molar-refractivity contribution in [3.63, 3.8) is 0 Å². The number of likely N-dealkylation sites (tertiary alicyclic amines) is 1. The van der Waals surface area contributed by atoms with E-state index in [2.05, 4.69) is 9.55 Å². The largest absolute Gasteiger partial charge is 0.416 e. The molecule has 7 heteroatoms. The summed E-state index contributed by atoms with van der Waals surface area (Å²) in [6.45, 7) is 3.92. The average Bonchev–Trinajstić information content (AvgIpc) is 3.10. The van der Waals surface area contributed by atoms with Crippen LogP contribution >= 0.6 is 0 Å². The summed E-state index contributed by atoms with van der Waals surface area (Å²) in [5.41, 5.74) is -0.703. The van der Waals surface area contributed by atoms with Gasteiger partial charge >= 0.3 is 6.18 Å².